The fourth-order valence-corrected chi connectivity index (χ4v) is 2.74. The van der Waals surface area contributed by atoms with Crippen LogP contribution in [0.2, 0.25) is 5.02 Å². The quantitative estimate of drug-likeness (QED) is 0.510. The van der Waals surface area contributed by atoms with Crippen molar-refractivity contribution in [1.82, 2.24) is 10.1 Å². The Bertz CT molecular complexity index is 864. The molecule has 0 aliphatic heterocycles. The molecule has 1 aromatic heterocycles. The van der Waals surface area contributed by atoms with Gasteiger partial charge in [-0.05, 0) is 43.7 Å². The summed E-state index contributed by atoms with van der Waals surface area (Å²) in [6, 6.07) is 13.4. The van der Waals surface area contributed by atoms with Crippen LogP contribution >= 0.6 is 11.6 Å². The monoisotopic (exact) mass is 372 g/mol. The first-order chi connectivity index (χ1) is 12.7. The molecule has 1 heterocycles. The molecular weight excluding hydrogens is 352 g/mol. The second-order valence-corrected chi connectivity index (χ2v) is 6.19. The molecule has 0 aliphatic carbocycles. The van der Waals surface area contributed by atoms with Gasteiger partial charge in [-0.25, -0.2) is 0 Å². The molecule has 0 bridgehead atoms. The Morgan fingerprint density at radius 1 is 1.12 bits per heavy atom. The van der Waals surface area contributed by atoms with Crippen molar-refractivity contribution in [2.75, 3.05) is 19.8 Å². The third-order valence-electron chi connectivity index (χ3n) is 3.89. The van der Waals surface area contributed by atoms with Crippen LogP contribution < -0.4 is 4.74 Å². The van der Waals surface area contributed by atoms with E-state index >= 15 is 0 Å². The molecule has 0 unspecified atom stereocenters. The first-order valence-corrected chi connectivity index (χ1v) is 8.97. The first kappa shape index (κ1) is 18.4. The Labute approximate surface area is 157 Å². The highest BCUT2D eigenvalue weighted by molar-refractivity contribution is 6.32. The SMILES string of the molecule is CCOCCCOc1ccc(-c2noc(-c3ccccc3C)n2)cc1Cl. The van der Waals surface area contributed by atoms with Crippen molar-refractivity contribution in [2.45, 2.75) is 20.3 Å². The molecule has 0 radical (unpaired) electrons. The maximum absolute atomic E-state index is 6.33. The van der Waals surface area contributed by atoms with Crippen LogP contribution in [0.4, 0.5) is 0 Å². The molecule has 0 saturated carbocycles. The second kappa shape index (κ2) is 8.83. The van der Waals surface area contributed by atoms with Gasteiger partial charge in [0.25, 0.3) is 5.89 Å². The molecule has 0 saturated heterocycles. The Balaban J connectivity index is 1.71. The van der Waals surface area contributed by atoms with E-state index in [0.29, 0.717) is 42.3 Å². The van der Waals surface area contributed by atoms with Crippen molar-refractivity contribution in [2.24, 2.45) is 0 Å². The zero-order chi connectivity index (χ0) is 18.4. The molecule has 0 spiro atoms. The average molecular weight is 373 g/mol. The second-order valence-electron chi connectivity index (χ2n) is 5.78. The van der Waals surface area contributed by atoms with Crippen LogP contribution in [0.1, 0.15) is 18.9 Å². The van der Waals surface area contributed by atoms with Crippen molar-refractivity contribution in [3.63, 3.8) is 0 Å². The smallest absolute Gasteiger partial charge is 0.258 e. The summed E-state index contributed by atoms with van der Waals surface area (Å²) in [7, 11) is 0. The number of halogens is 1. The number of aromatic nitrogens is 2. The van der Waals surface area contributed by atoms with Gasteiger partial charge in [0.2, 0.25) is 5.82 Å². The maximum Gasteiger partial charge on any atom is 0.258 e. The Morgan fingerprint density at radius 3 is 2.73 bits per heavy atom. The van der Waals surface area contributed by atoms with Gasteiger partial charge in [-0.3, -0.25) is 0 Å². The summed E-state index contributed by atoms with van der Waals surface area (Å²) in [5.74, 6) is 1.62. The normalized spacial score (nSPS) is 10.9. The number of hydrogen-bond donors (Lipinski definition) is 0. The van der Waals surface area contributed by atoms with Crippen LogP contribution in [0.3, 0.4) is 0 Å². The molecule has 0 amide bonds. The molecule has 0 fully saturated rings. The molecule has 2 aromatic carbocycles. The zero-order valence-electron chi connectivity index (χ0n) is 14.9. The van der Waals surface area contributed by atoms with Crippen molar-refractivity contribution >= 4 is 11.6 Å². The predicted octanol–water partition coefficient (Wildman–Crippen LogP) is 5.17. The highest BCUT2D eigenvalue weighted by atomic mass is 35.5. The fourth-order valence-electron chi connectivity index (χ4n) is 2.51. The standard InChI is InChI=1S/C20H21ClN2O3/c1-3-24-11-6-12-25-18-10-9-15(13-17(18)21)19-22-20(26-23-19)16-8-5-4-7-14(16)2/h4-5,7-10,13H,3,6,11-12H2,1-2H3. The van der Waals surface area contributed by atoms with Gasteiger partial charge in [0, 0.05) is 30.8 Å². The molecular formula is C20H21ClN2O3. The first-order valence-electron chi connectivity index (χ1n) is 8.59. The van der Waals surface area contributed by atoms with E-state index in [-0.39, 0.29) is 0 Å². The van der Waals surface area contributed by atoms with Gasteiger partial charge >= 0.3 is 0 Å². The summed E-state index contributed by atoms with van der Waals surface area (Å²) in [6.07, 6.45) is 0.816. The van der Waals surface area contributed by atoms with Gasteiger partial charge in [0.05, 0.1) is 11.6 Å². The minimum atomic E-state index is 0.491. The van der Waals surface area contributed by atoms with E-state index < -0.39 is 0 Å². The molecule has 0 N–H and O–H groups in total. The van der Waals surface area contributed by atoms with Crippen molar-refractivity contribution in [3.8, 4) is 28.6 Å². The highest BCUT2D eigenvalue weighted by Crippen LogP contribution is 2.31. The minimum absolute atomic E-state index is 0.491. The van der Waals surface area contributed by atoms with E-state index in [1.54, 1.807) is 6.07 Å². The fraction of sp³-hybridized carbons (Fsp3) is 0.300. The minimum Gasteiger partial charge on any atom is -0.492 e. The zero-order valence-corrected chi connectivity index (χ0v) is 15.6. The van der Waals surface area contributed by atoms with Crippen LogP contribution in [-0.4, -0.2) is 30.0 Å². The summed E-state index contributed by atoms with van der Waals surface area (Å²) in [4.78, 5) is 4.48. The average Bonchev–Trinajstić information content (AvgIpc) is 3.13. The highest BCUT2D eigenvalue weighted by Gasteiger charge is 2.13. The number of aryl methyl sites for hydroxylation is 1. The largest absolute Gasteiger partial charge is 0.492 e. The van der Waals surface area contributed by atoms with Crippen LogP contribution in [0.15, 0.2) is 47.0 Å². The van der Waals surface area contributed by atoms with Crippen molar-refractivity contribution < 1.29 is 14.0 Å². The Hall–Kier alpha value is -2.37. The lowest BCUT2D eigenvalue weighted by molar-refractivity contribution is 0.131. The lowest BCUT2D eigenvalue weighted by Crippen LogP contribution is -2.03. The third-order valence-corrected chi connectivity index (χ3v) is 4.18. The molecule has 5 nitrogen and oxygen atoms in total. The molecule has 6 heteroatoms. The van der Waals surface area contributed by atoms with E-state index in [4.69, 9.17) is 25.6 Å². The van der Waals surface area contributed by atoms with Crippen molar-refractivity contribution in [3.05, 3.63) is 53.1 Å². The summed E-state index contributed by atoms with van der Waals surface area (Å²) in [5.41, 5.74) is 2.78. The summed E-state index contributed by atoms with van der Waals surface area (Å²) in [5, 5.41) is 4.58. The molecule has 3 aromatic rings. The van der Waals surface area contributed by atoms with Crippen molar-refractivity contribution in [1.29, 1.82) is 0 Å². The van der Waals surface area contributed by atoms with Gasteiger partial charge in [0.1, 0.15) is 5.75 Å². The Morgan fingerprint density at radius 2 is 1.96 bits per heavy atom. The molecule has 3 rings (SSSR count). The van der Waals surface area contributed by atoms with E-state index in [1.807, 2.05) is 50.2 Å². The van der Waals surface area contributed by atoms with Crippen LogP contribution in [0, 0.1) is 6.92 Å². The number of benzene rings is 2. The number of hydrogen-bond acceptors (Lipinski definition) is 5. The Kier molecular flexibility index (Phi) is 6.26. The van der Waals surface area contributed by atoms with Gasteiger partial charge in [0.15, 0.2) is 0 Å². The van der Waals surface area contributed by atoms with Crippen LogP contribution in [0.25, 0.3) is 22.8 Å². The molecule has 26 heavy (non-hydrogen) atoms. The van der Waals surface area contributed by atoms with Gasteiger partial charge in [-0.15, -0.1) is 0 Å². The van der Waals surface area contributed by atoms with Gasteiger partial charge in [-0.1, -0.05) is 35.0 Å². The van der Waals surface area contributed by atoms with Gasteiger partial charge < -0.3 is 14.0 Å². The summed E-state index contributed by atoms with van der Waals surface area (Å²) >= 11 is 6.33. The van der Waals surface area contributed by atoms with E-state index in [9.17, 15) is 0 Å². The van der Waals surface area contributed by atoms with E-state index in [0.717, 1.165) is 23.1 Å². The van der Waals surface area contributed by atoms with E-state index in [1.165, 1.54) is 0 Å². The lowest BCUT2D eigenvalue weighted by atomic mass is 10.1. The maximum atomic E-state index is 6.33. The molecule has 0 aliphatic rings. The third kappa shape index (κ3) is 4.42. The summed E-state index contributed by atoms with van der Waals surface area (Å²) < 4.78 is 16.4. The van der Waals surface area contributed by atoms with E-state index in [2.05, 4.69) is 10.1 Å². The number of ether oxygens (including phenoxy) is 2. The molecule has 136 valence electrons. The summed E-state index contributed by atoms with van der Waals surface area (Å²) in [6.45, 7) is 5.92. The number of rotatable bonds is 8. The molecule has 0 atom stereocenters. The van der Waals surface area contributed by atoms with Crippen LogP contribution in [0.5, 0.6) is 5.75 Å². The van der Waals surface area contributed by atoms with Gasteiger partial charge in [-0.2, -0.15) is 4.98 Å². The topological polar surface area (TPSA) is 57.4 Å². The predicted molar refractivity (Wildman–Crippen MR) is 102 cm³/mol. The number of nitrogens with zero attached hydrogens (tertiary/aromatic N) is 2. The van der Waals surface area contributed by atoms with Crippen LogP contribution in [-0.2, 0) is 4.74 Å². The lowest BCUT2D eigenvalue weighted by Gasteiger charge is -2.08.